The van der Waals surface area contributed by atoms with Crippen molar-refractivity contribution in [2.75, 3.05) is 19.8 Å². The molecule has 0 spiro atoms. The van der Waals surface area contributed by atoms with Gasteiger partial charge in [0, 0.05) is 19.2 Å². The lowest BCUT2D eigenvalue weighted by Gasteiger charge is -2.15. The fraction of sp³-hybridized carbons (Fsp3) is 0.316. The number of aliphatic hydroxyl groups is 1. The van der Waals surface area contributed by atoms with Crippen LogP contribution >= 0.6 is 0 Å². The molecule has 0 aromatic heterocycles. The van der Waals surface area contributed by atoms with Crippen LogP contribution in [-0.4, -0.2) is 39.2 Å². The highest BCUT2D eigenvalue weighted by Crippen LogP contribution is 2.19. The number of sulfonamides is 1. The molecule has 2 rings (SSSR count). The average molecular weight is 392 g/mol. The zero-order valence-corrected chi connectivity index (χ0v) is 15.9. The average Bonchev–Trinajstić information content (AvgIpc) is 2.67. The Morgan fingerprint density at radius 1 is 1.11 bits per heavy atom. The number of benzene rings is 2. The first-order chi connectivity index (χ1) is 12.9. The van der Waals surface area contributed by atoms with Crippen molar-refractivity contribution in [3.63, 3.8) is 0 Å². The van der Waals surface area contributed by atoms with E-state index in [9.17, 15) is 13.2 Å². The molecule has 0 heterocycles. The standard InChI is InChI=1S/C19H24N2O5S/c1-15(16-6-3-2-4-7-16)21-27(24,25)18-10-8-17(9-11-18)26-14-19(23)20-12-5-13-22/h2-4,6-11,15,21-22H,5,12-14H2,1H3,(H,20,23)/t15-/m0/s1. The van der Waals surface area contributed by atoms with Gasteiger partial charge >= 0.3 is 0 Å². The molecule has 2 aromatic carbocycles. The molecule has 1 atom stereocenters. The summed E-state index contributed by atoms with van der Waals surface area (Å²) in [6.07, 6.45) is 0.479. The Hall–Kier alpha value is -2.42. The van der Waals surface area contributed by atoms with Crippen LogP contribution in [-0.2, 0) is 14.8 Å². The molecule has 146 valence electrons. The van der Waals surface area contributed by atoms with E-state index >= 15 is 0 Å². The summed E-state index contributed by atoms with van der Waals surface area (Å²) in [5.41, 5.74) is 0.869. The predicted molar refractivity (Wildman–Crippen MR) is 102 cm³/mol. The summed E-state index contributed by atoms with van der Waals surface area (Å²) in [5, 5.41) is 11.3. The number of carbonyl (C=O) groups is 1. The molecule has 27 heavy (non-hydrogen) atoms. The van der Waals surface area contributed by atoms with Crippen molar-refractivity contribution >= 4 is 15.9 Å². The maximum Gasteiger partial charge on any atom is 0.257 e. The molecule has 7 nitrogen and oxygen atoms in total. The van der Waals surface area contributed by atoms with E-state index in [1.807, 2.05) is 30.3 Å². The molecule has 0 fully saturated rings. The number of nitrogens with one attached hydrogen (secondary N) is 2. The normalized spacial score (nSPS) is 12.4. The number of aliphatic hydroxyl groups excluding tert-OH is 1. The van der Waals surface area contributed by atoms with Crippen LogP contribution in [0, 0.1) is 0 Å². The predicted octanol–water partition coefficient (Wildman–Crippen LogP) is 1.60. The van der Waals surface area contributed by atoms with Crippen molar-refractivity contribution in [2.45, 2.75) is 24.3 Å². The number of hydrogen-bond acceptors (Lipinski definition) is 5. The topological polar surface area (TPSA) is 105 Å². The van der Waals surface area contributed by atoms with Crippen molar-refractivity contribution in [2.24, 2.45) is 0 Å². The van der Waals surface area contributed by atoms with E-state index in [1.54, 1.807) is 6.92 Å². The first-order valence-electron chi connectivity index (χ1n) is 8.60. The van der Waals surface area contributed by atoms with Gasteiger partial charge in [-0.1, -0.05) is 30.3 Å². The van der Waals surface area contributed by atoms with E-state index in [0.717, 1.165) is 5.56 Å². The van der Waals surface area contributed by atoms with E-state index in [2.05, 4.69) is 10.0 Å². The molecule has 0 bridgehead atoms. The van der Waals surface area contributed by atoms with Gasteiger partial charge in [-0.3, -0.25) is 4.79 Å². The Kier molecular flexibility index (Phi) is 7.78. The molecule has 0 saturated carbocycles. The van der Waals surface area contributed by atoms with Crippen LogP contribution < -0.4 is 14.8 Å². The Balaban J connectivity index is 1.92. The van der Waals surface area contributed by atoms with Crippen LogP contribution in [0.4, 0.5) is 0 Å². The highest BCUT2D eigenvalue weighted by Gasteiger charge is 2.18. The van der Waals surface area contributed by atoms with Gasteiger partial charge in [0.15, 0.2) is 6.61 Å². The van der Waals surface area contributed by atoms with Crippen LogP contribution in [0.3, 0.4) is 0 Å². The molecule has 0 unspecified atom stereocenters. The minimum absolute atomic E-state index is 0.00793. The second-order valence-electron chi connectivity index (χ2n) is 5.94. The molecule has 0 aliphatic heterocycles. The molecule has 2 aromatic rings. The lowest BCUT2D eigenvalue weighted by atomic mass is 10.1. The van der Waals surface area contributed by atoms with Gasteiger partial charge in [-0.25, -0.2) is 13.1 Å². The summed E-state index contributed by atoms with van der Waals surface area (Å²) in [6, 6.07) is 14.8. The lowest BCUT2D eigenvalue weighted by Crippen LogP contribution is -2.30. The Morgan fingerprint density at radius 3 is 2.41 bits per heavy atom. The first-order valence-corrected chi connectivity index (χ1v) is 10.1. The number of rotatable bonds is 10. The molecule has 1 amide bonds. The number of amides is 1. The van der Waals surface area contributed by atoms with Gasteiger partial charge < -0.3 is 15.2 Å². The Bertz CT molecular complexity index is 823. The van der Waals surface area contributed by atoms with Gasteiger partial charge in [-0.2, -0.15) is 0 Å². The lowest BCUT2D eigenvalue weighted by molar-refractivity contribution is -0.123. The summed E-state index contributed by atoms with van der Waals surface area (Å²) in [7, 11) is -3.68. The van der Waals surface area contributed by atoms with Crippen molar-refractivity contribution in [1.82, 2.24) is 10.0 Å². The Labute approximate surface area is 159 Å². The molecule has 0 saturated heterocycles. The smallest absolute Gasteiger partial charge is 0.257 e. The zero-order chi connectivity index (χ0) is 19.7. The molecule has 0 aliphatic rings. The minimum Gasteiger partial charge on any atom is -0.484 e. The quantitative estimate of drug-likeness (QED) is 0.533. The van der Waals surface area contributed by atoms with Gasteiger partial charge in [0.05, 0.1) is 4.90 Å². The van der Waals surface area contributed by atoms with Crippen LogP contribution in [0.15, 0.2) is 59.5 Å². The van der Waals surface area contributed by atoms with Crippen molar-refractivity contribution in [3.8, 4) is 5.75 Å². The van der Waals surface area contributed by atoms with Crippen LogP contribution in [0.1, 0.15) is 24.9 Å². The molecule has 0 radical (unpaired) electrons. The third-order valence-corrected chi connectivity index (χ3v) is 5.35. The fourth-order valence-electron chi connectivity index (χ4n) is 2.33. The molecule has 0 aliphatic carbocycles. The summed E-state index contributed by atoms with van der Waals surface area (Å²) < 4.78 is 33.0. The fourth-order valence-corrected chi connectivity index (χ4v) is 3.56. The largest absolute Gasteiger partial charge is 0.484 e. The third-order valence-electron chi connectivity index (χ3n) is 3.79. The van der Waals surface area contributed by atoms with Crippen LogP contribution in [0.25, 0.3) is 0 Å². The summed E-state index contributed by atoms with van der Waals surface area (Å²) in [5.74, 6) is 0.0841. The van der Waals surface area contributed by atoms with E-state index < -0.39 is 10.0 Å². The van der Waals surface area contributed by atoms with Crippen LogP contribution in [0.2, 0.25) is 0 Å². The molecule has 8 heteroatoms. The SMILES string of the molecule is C[C@H](NS(=O)(=O)c1ccc(OCC(=O)NCCCO)cc1)c1ccccc1. The van der Waals surface area contributed by atoms with Crippen LogP contribution in [0.5, 0.6) is 5.75 Å². The van der Waals surface area contributed by atoms with Crippen molar-refractivity contribution in [1.29, 1.82) is 0 Å². The number of hydrogen-bond donors (Lipinski definition) is 3. The van der Waals surface area contributed by atoms with E-state index in [4.69, 9.17) is 9.84 Å². The maximum absolute atomic E-state index is 12.5. The minimum atomic E-state index is -3.68. The van der Waals surface area contributed by atoms with Gasteiger partial charge in [-0.05, 0) is 43.2 Å². The molecule has 3 N–H and O–H groups in total. The first kappa shape index (κ1) is 20.9. The van der Waals surface area contributed by atoms with Gasteiger partial charge in [0.1, 0.15) is 5.75 Å². The van der Waals surface area contributed by atoms with E-state index in [0.29, 0.717) is 18.7 Å². The second-order valence-corrected chi connectivity index (χ2v) is 7.65. The van der Waals surface area contributed by atoms with Crippen molar-refractivity contribution in [3.05, 3.63) is 60.2 Å². The summed E-state index contributed by atoms with van der Waals surface area (Å²) >= 11 is 0. The maximum atomic E-state index is 12.5. The molecular weight excluding hydrogens is 368 g/mol. The summed E-state index contributed by atoms with van der Waals surface area (Å²) in [4.78, 5) is 11.7. The Morgan fingerprint density at radius 2 is 1.78 bits per heavy atom. The third kappa shape index (κ3) is 6.67. The number of ether oxygens (including phenoxy) is 1. The van der Waals surface area contributed by atoms with Crippen molar-refractivity contribution < 1.29 is 23.1 Å². The zero-order valence-electron chi connectivity index (χ0n) is 15.1. The van der Waals surface area contributed by atoms with E-state index in [1.165, 1.54) is 24.3 Å². The number of carbonyl (C=O) groups excluding carboxylic acids is 1. The highest BCUT2D eigenvalue weighted by molar-refractivity contribution is 7.89. The molecular formula is C19H24N2O5S. The second kappa shape index (κ2) is 10.1. The highest BCUT2D eigenvalue weighted by atomic mass is 32.2. The summed E-state index contributed by atoms with van der Waals surface area (Å²) in [6.45, 7) is 1.98. The van der Waals surface area contributed by atoms with Gasteiger partial charge in [-0.15, -0.1) is 0 Å². The van der Waals surface area contributed by atoms with E-state index in [-0.39, 0.29) is 30.1 Å². The van der Waals surface area contributed by atoms with Gasteiger partial charge in [0.2, 0.25) is 10.0 Å². The monoisotopic (exact) mass is 392 g/mol. The van der Waals surface area contributed by atoms with Gasteiger partial charge in [0.25, 0.3) is 5.91 Å².